The molecule has 0 aliphatic carbocycles. The van der Waals surface area contributed by atoms with E-state index in [9.17, 15) is 10.5 Å². The van der Waals surface area contributed by atoms with Gasteiger partial charge in [0, 0.05) is 74.4 Å². The van der Waals surface area contributed by atoms with Crippen LogP contribution in [0.25, 0.3) is 173 Å². The average molecular weight is 1140 g/mol. The van der Waals surface area contributed by atoms with Gasteiger partial charge in [0.2, 0.25) is 0 Å². The van der Waals surface area contributed by atoms with Gasteiger partial charge in [-0.25, -0.2) is 0 Å². The standard InChI is InChI=1S/C80H44N4OS2/c81-45-62-70(49-26-9-3-10-27-49)63(46-82)76(71(50-28-11-4-12-29-50)75(62)83-64-35-17-13-30-53(64)59-42-51(40-41-65(59)83)52-34-21-37-67-72(52)54-31-14-18-36-66(54)85-67)84-77-60(43-57(47-22-5-1-6-23-47)73-55-32-15-19-38-68(55)86-79(73)77)61-44-58(48-24-7-2-8-25-48)74-56-33-16-20-39-69(56)87-80(74)78(61)84/h1-44H. The number of nitriles is 2. The van der Waals surface area contributed by atoms with Gasteiger partial charge < -0.3 is 13.6 Å². The average Bonchev–Trinajstić information content (AvgIpc) is 1.60. The van der Waals surface area contributed by atoms with Crippen LogP contribution < -0.4 is 0 Å². The highest BCUT2D eigenvalue weighted by Gasteiger charge is 2.34. The number of furan rings is 1. The van der Waals surface area contributed by atoms with Crippen LogP contribution in [0.4, 0.5) is 0 Å². The molecule has 0 spiro atoms. The van der Waals surface area contributed by atoms with Gasteiger partial charge in [0.15, 0.2) is 0 Å². The van der Waals surface area contributed by atoms with Gasteiger partial charge in [-0.3, -0.25) is 0 Å². The molecule has 5 aromatic heterocycles. The van der Waals surface area contributed by atoms with Crippen LogP contribution in [0, 0.1) is 22.7 Å². The zero-order chi connectivity index (χ0) is 57.4. The van der Waals surface area contributed by atoms with Gasteiger partial charge in [0.05, 0.1) is 54.0 Å². The van der Waals surface area contributed by atoms with Crippen molar-refractivity contribution in [2.24, 2.45) is 0 Å². The van der Waals surface area contributed by atoms with Crippen LogP contribution >= 0.6 is 22.7 Å². The highest BCUT2D eigenvalue weighted by Crippen LogP contribution is 2.56. The van der Waals surface area contributed by atoms with E-state index in [-0.39, 0.29) is 0 Å². The lowest BCUT2D eigenvalue weighted by molar-refractivity contribution is 0.669. The van der Waals surface area contributed by atoms with Crippen molar-refractivity contribution in [2.45, 2.75) is 0 Å². The van der Waals surface area contributed by atoms with E-state index >= 15 is 0 Å². The summed E-state index contributed by atoms with van der Waals surface area (Å²) in [5.41, 5.74) is 17.4. The van der Waals surface area contributed by atoms with E-state index in [2.05, 4.69) is 234 Å². The van der Waals surface area contributed by atoms with Crippen LogP contribution in [0.5, 0.6) is 0 Å². The first-order chi connectivity index (χ1) is 43.1. The quantitative estimate of drug-likeness (QED) is 0.160. The molecule has 7 heteroatoms. The summed E-state index contributed by atoms with van der Waals surface area (Å²) < 4.78 is 15.8. The maximum atomic E-state index is 12.6. The molecule has 5 heterocycles. The number of para-hydroxylation sites is 2. The smallest absolute Gasteiger partial charge is 0.136 e. The number of fused-ring (bicyclic) bond motifs is 17. The second-order valence-corrected chi connectivity index (χ2v) is 24.4. The molecule has 402 valence electrons. The van der Waals surface area contributed by atoms with Crippen molar-refractivity contribution in [3.05, 3.63) is 278 Å². The molecule has 13 aromatic carbocycles. The summed E-state index contributed by atoms with van der Waals surface area (Å²) in [6, 6.07) is 100. The zero-order valence-corrected chi connectivity index (χ0v) is 48.1. The first-order valence-corrected chi connectivity index (χ1v) is 30.7. The number of aromatic nitrogens is 2. The molecule has 0 aliphatic heterocycles. The van der Waals surface area contributed by atoms with Crippen molar-refractivity contribution in [2.75, 3.05) is 0 Å². The Labute approximate surface area is 506 Å². The predicted molar refractivity (Wildman–Crippen MR) is 365 cm³/mol. The molecule has 0 bridgehead atoms. The first-order valence-electron chi connectivity index (χ1n) is 29.1. The summed E-state index contributed by atoms with van der Waals surface area (Å²) >= 11 is 3.60. The van der Waals surface area contributed by atoms with Crippen molar-refractivity contribution in [1.29, 1.82) is 10.5 Å². The second-order valence-electron chi connectivity index (χ2n) is 22.3. The summed E-state index contributed by atoms with van der Waals surface area (Å²) in [5, 5.41) is 35.9. The monoisotopic (exact) mass is 1140 g/mol. The number of hydrogen-bond acceptors (Lipinski definition) is 5. The SMILES string of the molecule is N#Cc1c(-c2ccccc2)c(C#N)c(-n2c3c(cc(-c4ccccc4)c4c5ccccc5sc43)c3cc(-c4ccccc4)c4c5ccccc5sc4c32)c(-c2ccccc2)c1-n1c2ccccc2c2cc(-c3cccc4oc5ccccc5c34)ccc21. The summed E-state index contributed by atoms with van der Waals surface area (Å²) in [5.74, 6) is 0. The van der Waals surface area contributed by atoms with Crippen LogP contribution in [0.3, 0.4) is 0 Å². The van der Waals surface area contributed by atoms with Crippen molar-refractivity contribution in [3.63, 3.8) is 0 Å². The summed E-state index contributed by atoms with van der Waals surface area (Å²) in [6.07, 6.45) is 0. The Kier molecular flexibility index (Phi) is 10.8. The summed E-state index contributed by atoms with van der Waals surface area (Å²) in [4.78, 5) is 0. The van der Waals surface area contributed by atoms with Gasteiger partial charge in [-0.1, -0.05) is 212 Å². The van der Waals surface area contributed by atoms with Crippen molar-refractivity contribution in [1.82, 2.24) is 9.13 Å². The summed E-state index contributed by atoms with van der Waals surface area (Å²) in [7, 11) is 0. The molecular formula is C80H44N4OS2. The molecule has 0 radical (unpaired) electrons. The molecule has 5 nitrogen and oxygen atoms in total. The largest absolute Gasteiger partial charge is 0.456 e. The van der Waals surface area contributed by atoms with E-state index in [0.29, 0.717) is 28.1 Å². The normalized spacial score (nSPS) is 11.9. The zero-order valence-electron chi connectivity index (χ0n) is 46.4. The molecule has 0 atom stereocenters. The van der Waals surface area contributed by atoms with E-state index in [1.807, 2.05) is 54.6 Å². The Bertz CT molecular complexity index is 5840. The predicted octanol–water partition coefficient (Wildman–Crippen LogP) is 22.6. The minimum absolute atomic E-state index is 0.402. The van der Waals surface area contributed by atoms with E-state index in [1.54, 1.807) is 22.7 Å². The van der Waals surface area contributed by atoms with Crippen LogP contribution in [0.2, 0.25) is 0 Å². The molecule has 0 N–H and O–H groups in total. The van der Waals surface area contributed by atoms with Crippen molar-refractivity contribution in [3.8, 4) is 79.1 Å². The molecule has 0 aliphatic rings. The molecule has 87 heavy (non-hydrogen) atoms. The van der Waals surface area contributed by atoms with Crippen LogP contribution in [-0.2, 0) is 0 Å². The summed E-state index contributed by atoms with van der Waals surface area (Å²) in [6.45, 7) is 0. The first kappa shape index (κ1) is 49.1. The van der Waals surface area contributed by atoms with Crippen molar-refractivity contribution < 1.29 is 4.42 Å². The van der Waals surface area contributed by atoms with E-state index in [4.69, 9.17) is 4.42 Å². The van der Waals surface area contributed by atoms with Crippen LogP contribution in [0.15, 0.2) is 271 Å². The third-order valence-corrected chi connectivity index (χ3v) is 20.1. The molecule has 0 saturated carbocycles. The molecule has 0 unspecified atom stereocenters. The minimum Gasteiger partial charge on any atom is -0.456 e. The van der Waals surface area contributed by atoms with Gasteiger partial charge in [-0.15, -0.1) is 22.7 Å². The number of hydrogen-bond donors (Lipinski definition) is 0. The Morgan fingerprint density at radius 1 is 0.310 bits per heavy atom. The number of nitrogens with zero attached hydrogens (tertiary/aromatic N) is 4. The highest BCUT2D eigenvalue weighted by atomic mass is 32.1. The maximum absolute atomic E-state index is 12.6. The fourth-order valence-corrected chi connectivity index (χ4v) is 16.7. The van der Waals surface area contributed by atoms with Gasteiger partial charge >= 0.3 is 0 Å². The van der Waals surface area contributed by atoms with E-state index in [0.717, 1.165) is 136 Å². The third kappa shape index (κ3) is 7.10. The van der Waals surface area contributed by atoms with Gasteiger partial charge in [0.25, 0.3) is 0 Å². The highest BCUT2D eigenvalue weighted by molar-refractivity contribution is 7.27. The minimum atomic E-state index is 0.402. The molecule has 0 fully saturated rings. The van der Waals surface area contributed by atoms with Gasteiger partial charge in [-0.05, 0) is 99.1 Å². The molecule has 18 aromatic rings. The van der Waals surface area contributed by atoms with Gasteiger partial charge in [-0.2, -0.15) is 10.5 Å². The Balaban J connectivity index is 1.09. The van der Waals surface area contributed by atoms with Crippen LogP contribution in [0.1, 0.15) is 11.1 Å². The topological polar surface area (TPSA) is 70.6 Å². The van der Waals surface area contributed by atoms with E-state index < -0.39 is 0 Å². The fourth-order valence-electron chi connectivity index (χ4n) is 14.2. The third-order valence-electron chi connectivity index (χ3n) is 17.8. The number of rotatable bonds is 7. The molecule has 18 rings (SSSR count). The van der Waals surface area contributed by atoms with Crippen molar-refractivity contribution >= 4 is 129 Å². The Hall–Kier alpha value is -11.3. The Morgan fingerprint density at radius 3 is 1.34 bits per heavy atom. The van der Waals surface area contributed by atoms with Gasteiger partial charge in [0.1, 0.15) is 23.3 Å². The van der Waals surface area contributed by atoms with Crippen LogP contribution in [-0.4, -0.2) is 9.13 Å². The molecule has 0 amide bonds. The lowest BCUT2D eigenvalue weighted by Gasteiger charge is -2.26. The lowest BCUT2D eigenvalue weighted by atomic mass is 9.86. The molecular weight excluding hydrogens is 1100 g/mol. The van der Waals surface area contributed by atoms with E-state index in [1.165, 1.54) is 20.2 Å². The number of thiophene rings is 2. The number of benzene rings is 13. The molecule has 0 saturated heterocycles. The fraction of sp³-hybridized carbons (Fsp3) is 0. The lowest BCUT2D eigenvalue weighted by Crippen LogP contribution is -2.11. The second kappa shape index (κ2) is 19.1. The maximum Gasteiger partial charge on any atom is 0.136 e. The Morgan fingerprint density at radius 2 is 0.770 bits per heavy atom.